The Bertz CT molecular complexity index is 284. The first kappa shape index (κ1) is 6.63. The molecule has 0 amide bonds. The molecule has 2 N–H and O–H groups in total. The molecule has 0 aromatic carbocycles. The van der Waals surface area contributed by atoms with E-state index in [0.29, 0.717) is 11.4 Å². The summed E-state index contributed by atoms with van der Waals surface area (Å²) in [5.74, 6) is 2.46. The van der Waals surface area contributed by atoms with Crippen LogP contribution in [0.3, 0.4) is 0 Å². The molecule has 1 rings (SSSR count). The van der Waals surface area contributed by atoms with E-state index in [0.717, 1.165) is 5.56 Å². The zero-order valence-corrected chi connectivity index (χ0v) is 5.76. The Morgan fingerprint density at radius 2 is 2.40 bits per heavy atom. The molecule has 50 valence electrons. The van der Waals surface area contributed by atoms with Gasteiger partial charge in [0.25, 0.3) is 0 Å². The monoisotopic (exact) mass is 132 g/mol. The van der Waals surface area contributed by atoms with Gasteiger partial charge in [-0.1, -0.05) is 0 Å². The van der Waals surface area contributed by atoms with Crippen LogP contribution in [0.4, 0.5) is 5.69 Å². The molecule has 1 heterocycles. The summed E-state index contributed by atoms with van der Waals surface area (Å²) in [5, 5.41) is 0. The maximum atomic E-state index is 5.45. The average molecular weight is 132 g/mol. The second-order valence-electron chi connectivity index (χ2n) is 2.08. The van der Waals surface area contributed by atoms with Gasteiger partial charge in [0.1, 0.15) is 5.69 Å². The maximum absolute atomic E-state index is 5.45. The summed E-state index contributed by atoms with van der Waals surface area (Å²) in [6, 6.07) is 1.81. The molecule has 0 saturated heterocycles. The lowest BCUT2D eigenvalue weighted by atomic mass is 10.2. The number of nitrogens with zero attached hydrogens (tertiary/aromatic N) is 1. The predicted octanol–water partition coefficient (Wildman–Crippen LogP) is 0.954. The normalized spacial score (nSPS) is 8.80. The van der Waals surface area contributed by atoms with Crippen molar-refractivity contribution in [2.75, 3.05) is 5.73 Å². The molecular formula is C8H8N2. The summed E-state index contributed by atoms with van der Waals surface area (Å²) in [7, 11) is 0. The van der Waals surface area contributed by atoms with Gasteiger partial charge in [-0.2, -0.15) is 0 Å². The van der Waals surface area contributed by atoms with E-state index in [1.165, 1.54) is 0 Å². The van der Waals surface area contributed by atoms with Gasteiger partial charge in [-0.3, -0.25) is 0 Å². The fraction of sp³-hybridized carbons (Fsp3) is 0.125. The van der Waals surface area contributed by atoms with Crippen LogP contribution in [0, 0.1) is 19.3 Å². The van der Waals surface area contributed by atoms with E-state index in [1.54, 1.807) is 6.20 Å². The van der Waals surface area contributed by atoms with Gasteiger partial charge in [0, 0.05) is 0 Å². The molecule has 0 atom stereocenters. The SMILES string of the molecule is C#Cc1ncc(N)cc1C. The van der Waals surface area contributed by atoms with Gasteiger partial charge < -0.3 is 5.73 Å². The zero-order valence-electron chi connectivity index (χ0n) is 5.76. The number of nitrogens with two attached hydrogens (primary N) is 1. The molecule has 0 aliphatic heterocycles. The van der Waals surface area contributed by atoms with E-state index in [-0.39, 0.29) is 0 Å². The molecule has 1 aromatic rings. The highest BCUT2D eigenvalue weighted by Gasteiger charge is 1.94. The predicted molar refractivity (Wildman–Crippen MR) is 41.3 cm³/mol. The highest BCUT2D eigenvalue weighted by Crippen LogP contribution is 2.06. The van der Waals surface area contributed by atoms with Gasteiger partial charge in [0.2, 0.25) is 0 Å². The van der Waals surface area contributed by atoms with Gasteiger partial charge in [-0.05, 0) is 24.5 Å². The molecule has 0 spiro atoms. The quantitative estimate of drug-likeness (QED) is 0.534. The van der Waals surface area contributed by atoms with E-state index in [2.05, 4.69) is 10.9 Å². The van der Waals surface area contributed by atoms with Crippen LogP contribution in [0.5, 0.6) is 0 Å². The standard InChI is InChI=1S/C8H8N2/c1-3-8-6(2)4-7(9)5-10-8/h1,4-5H,9H2,2H3. The summed E-state index contributed by atoms with van der Waals surface area (Å²) < 4.78 is 0. The van der Waals surface area contributed by atoms with Crippen LogP contribution in [-0.2, 0) is 0 Å². The number of pyridine rings is 1. The van der Waals surface area contributed by atoms with E-state index in [1.807, 2.05) is 13.0 Å². The van der Waals surface area contributed by atoms with Crippen LogP contribution < -0.4 is 5.73 Å². The van der Waals surface area contributed by atoms with E-state index < -0.39 is 0 Å². The van der Waals surface area contributed by atoms with Crippen LogP contribution >= 0.6 is 0 Å². The number of rotatable bonds is 0. The molecule has 0 aliphatic rings. The maximum Gasteiger partial charge on any atom is 0.115 e. The average Bonchev–Trinajstić information content (AvgIpc) is 1.88. The van der Waals surface area contributed by atoms with Crippen molar-refractivity contribution >= 4 is 5.69 Å². The summed E-state index contributed by atoms with van der Waals surface area (Å²) in [6.07, 6.45) is 6.71. The minimum atomic E-state index is 0.650. The van der Waals surface area contributed by atoms with Crippen LogP contribution in [0.15, 0.2) is 12.3 Å². The van der Waals surface area contributed by atoms with Crippen molar-refractivity contribution in [3.63, 3.8) is 0 Å². The van der Waals surface area contributed by atoms with E-state index >= 15 is 0 Å². The first-order valence-corrected chi connectivity index (χ1v) is 2.93. The number of aryl methyl sites for hydroxylation is 1. The third-order valence-corrected chi connectivity index (χ3v) is 1.24. The van der Waals surface area contributed by atoms with Gasteiger partial charge >= 0.3 is 0 Å². The van der Waals surface area contributed by atoms with Gasteiger partial charge in [-0.15, -0.1) is 6.42 Å². The van der Waals surface area contributed by atoms with E-state index in [9.17, 15) is 0 Å². The van der Waals surface area contributed by atoms with Crippen molar-refractivity contribution < 1.29 is 0 Å². The highest BCUT2D eigenvalue weighted by atomic mass is 14.7. The fourth-order valence-corrected chi connectivity index (χ4v) is 0.748. The summed E-state index contributed by atoms with van der Waals surface area (Å²) >= 11 is 0. The topological polar surface area (TPSA) is 38.9 Å². The molecule has 10 heavy (non-hydrogen) atoms. The number of hydrogen-bond acceptors (Lipinski definition) is 2. The summed E-state index contributed by atoms with van der Waals surface area (Å²) in [5.41, 5.74) is 7.71. The molecule has 0 radical (unpaired) electrons. The lowest BCUT2D eigenvalue weighted by Crippen LogP contribution is -1.91. The molecule has 0 unspecified atom stereocenters. The van der Waals surface area contributed by atoms with Crippen molar-refractivity contribution in [1.82, 2.24) is 4.98 Å². The Kier molecular flexibility index (Phi) is 1.59. The molecule has 0 aliphatic carbocycles. The smallest absolute Gasteiger partial charge is 0.115 e. The lowest BCUT2D eigenvalue weighted by Gasteiger charge is -1.96. The third-order valence-electron chi connectivity index (χ3n) is 1.24. The molecule has 0 fully saturated rings. The lowest BCUT2D eigenvalue weighted by molar-refractivity contribution is 1.23. The first-order valence-electron chi connectivity index (χ1n) is 2.93. The largest absolute Gasteiger partial charge is 0.397 e. The van der Waals surface area contributed by atoms with Crippen LogP contribution in [0.1, 0.15) is 11.3 Å². The third kappa shape index (κ3) is 1.08. The Labute approximate surface area is 60.1 Å². The molecular weight excluding hydrogens is 124 g/mol. The van der Waals surface area contributed by atoms with Crippen molar-refractivity contribution in [3.05, 3.63) is 23.5 Å². The molecule has 2 heteroatoms. The fourth-order valence-electron chi connectivity index (χ4n) is 0.748. The molecule has 0 bridgehead atoms. The van der Waals surface area contributed by atoms with Crippen LogP contribution in [0.2, 0.25) is 0 Å². The van der Waals surface area contributed by atoms with Crippen molar-refractivity contribution in [2.45, 2.75) is 6.92 Å². The molecule has 2 nitrogen and oxygen atoms in total. The highest BCUT2D eigenvalue weighted by molar-refractivity contribution is 5.43. The van der Waals surface area contributed by atoms with Crippen LogP contribution in [0.25, 0.3) is 0 Å². The second-order valence-corrected chi connectivity index (χ2v) is 2.08. The Morgan fingerprint density at radius 3 is 2.90 bits per heavy atom. The number of aromatic nitrogens is 1. The van der Waals surface area contributed by atoms with Crippen LogP contribution in [-0.4, -0.2) is 4.98 Å². The Morgan fingerprint density at radius 1 is 1.70 bits per heavy atom. The second kappa shape index (κ2) is 2.40. The van der Waals surface area contributed by atoms with E-state index in [4.69, 9.17) is 12.2 Å². The van der Waals surface area contributed by atoms with Gasteiger partial charge in [0.05, 0.1) is 11.9 Å². The molecule has 1 aromatic heterocycles. The van der Waals surface area contributed by atoms with Gasteiger partial charge in [-0.25, -0.2) is 4.98 Å². The van der Waals surface area contributed by atoms with Crippen molar-refractivity contribution in [1.29, 1.82) is 0 Å². The minimum Gasteiger partial charge on any atom is -0.397 e. The van der Waals surface area contributed by atoms with Crippen molar-refractivity contribution in [2.24, 2.45) is 0 Å². The minimum absolute atomic E-state index is 0.650. The summed E-state index contributed by atoms with van der Waals surface area (Å²) in [4.78, 5) is 3.94. The number of anilines is 1. The van der Waals surface area contributed by atoms with Crippen molar-refractivity contribution in [3.8, 4) is 12.3 Å². The zero-order chi connectivity index (χ0) is 7.56. The van der Waals surface area contributed by atoms with Gasteiger partial charge in [0.15, 0.2) is 0 Å². The molecule has 0 saturated carbocycles. The first-order chi connectivity index (χ1) is 4.74. The number of nitrogen functional groups attached to an aromatic ring is 1. The summed E-state index contributed by atoms with van der Waals surface area (Å²) in [6.45, 7) is 1.89. The Hall–Kier alpha value is -1.49. The number of hydrogen-bond donors (Lipinski definition) is 1. The Balaban J connectivity index is 3.23. The number of terminal acetylenes is 1.